The number of cyclic esters (lactones) is 1. The van der Waals surface area contributed by atoms with Gasteiger partial charge in [0, 0.05) is 6.42 Å². The Hall–Kier alpha value is -1.13. The van der Waals surface area contributed by atoms with Crippen molar-refractivity contribution in [2.75, 3.05) is 19.8 Å². The zero-order chi connectivity index (χ0) is 8.97. The number of imide groups is 1. The van der Waals surface area contributed by atoms with Gasteiger partial charge in [-0.15, -0.1) is 0 Å². The van der Waals surface area contributed by atoms with E-state index in [1.165, 1.54) is 0 Å². The Kier molecular flexibility index (Phi) is 3.01. The van der Waals surface area contributed by atoms with Gasteiger partial charge in [0.1, 0.15) is 6.61 Å². The Bertz CT molecular complexity index is 195. The Morgan fingerprint density at radius 1 is 1.67 bits per heavy atom. The summed E-state index contributed by atoms with van der Waals surface area (Å²) in [5.41, 5.74) is 0. The van der Waals surface area contributed by atoms with Crippen LogP contribution in [-0.4, -0.2) is 36.7 Å². The zero-order valence-electron chi connectivity index (χ0n) is 6.59. The van der Waals surface area contributed by atoms with E-state index < -0.39 is 12.8 Å². The van der Waals surface area contributed by atoms with E-state index in [-0.39, 0.29) is 25.4 Å². The van der Waals surface area contributed by atoms with Gasteiger partial charge in [0.2, 0.25) is 5.91 Å². The molecule has 2 amide bonds. The number of carbonyl (C=O) groups is 2. The molecule has 1 heterocycles. The lowest BCUT2D eigenvalue weighted by Crippen LogP contribution is -2.31. The molecule has 5 heteroatoms. The van der Waals surface area contributed by atoms with Crippen molar-refractivity contribution < 1.29 is 18.7 Å². The maximum Gasteiger partial charge on any atom is 0.416 e. The SMILES string of the molecule is O=C(CCCF)N1CCOC1=O. The molecule has 4 nitrogen and oxygen atoms in total. The number of amides is 2. The maximum atomic E-state index is 11.7. The largest absolute Gasteiger partial charge is 0.447 e. The number of hydrogen-bond donors (Lipinski definition) is 0. The lowest BCUT2D eigenvalue weighted by atomic mass is 10.3. The third-order valence-corrected chi connectivity index (χ3v) is 1.59. The minimum absolute atomic E-state index is 0.0750. The third kappa shape index (κ3) is 1.93. The molecular weight excluding hydrogens is 165 g/mol. The number of halogens is 1. The highest BCUT2D eigenvalue weighted by atomic mass is 19.1. The molecule has 0 aromatic heterocycles. The van der Waals surface area contributed by atoms with Gasteiger partial charge in [0.05, 0.1) is 13.2 Å². The van der Waals surface area contributed by atoms with Crippen LogP contribution in [0.3, 0.4) is 0 Å². The van der Waals surface area contributed by atoms with Gasteiger partial charge in [-0.1, -0.05) is 0 Å². The molecule has 0 aromatic rings. The molecule has 0 atom stereocenters. The lowest BCUT2D eigenvalue weighted by molar-refractivity contribution is -0.127. The molecule has 1 fully saturated rings. The summed E-state index contributed by atoms with van der Waals surface area (Å²) in [4.78, 5) is 22.9. The molecule has 0 aliphatic carbocycles. The number of alkyl halides is 1. The molecule has 68 valence electrons. The van der Waals surface area contributed by atoms with Gasteiger partial charge < -0.3 is 4.74 Å². The maximum absolute atomic E-state index is 11.7. The summed E-state index contributed by atoms with van der Waals surface area (Å²) in [5.74, 6) is -0.352. The fourth-order valence-electron chi connectivity index (χ4n) is 0.973. The topological polar surface area (TPSA) is 46.6 Å². The first kappa shape index (κ1) is 8.96. The highest BCUT2D eigenvalue weighted by molar-refractivity contribution is 5.92. The molecule has 1 aliphatic rings. The van der Waals surface area contributed by atoms with Gasteiger partial charge in [-0.3, -0.25) is 9.18 Å². The summed E-state index contributed by atoms with van der Waals surface area (Å²) in [6, 6.07) is 0. The number of rotatable bonds is 3. The summed E-state index contributed by atoms with van der Waals surface area (Å²) in [6.45, 7) is 0.0127. The van der Waals surface area contributed by atoms with Gasteiger partial charge in [-0.25, -0.2) is 9.69 Å². The second-order valence-corrected chi connectivity index (χ2v) is 2.45. The molecule has 12 heavy (non-hydrogen) atoms. The summed E-state index contributed by atoms with van der Waals surface area (Å²) < 4.78 is 16.2. The summed E-state index contributed by atoms with van der Waals surface area (Å²) in [5, 5.41) is 0. The van der Waals surface area contributed by atoms with Gasteiger partial charge >= 0.3 is 6.09 Å². The van der Waals surface area contributed by atoms with E-state index in [1.54, 1.807) is 0 Å². The van der Waals surface area contributed by atoms with Crippen molar-refractivity contribution in [2.45, 2.75) is 12.8 Å². The molecule has 0 bridgehead atoms. The second-order valence-electron chi connectivity index (χ2n) is 2.45. The van der Waals surface area contributed by atoms with Crippen LogP contribution in [0.15, 0.2) is 0 Å². The van der Waals surface area contributed by atoms with Crippen LogP contribution in [0.1, 0.15) is 12.8 Å². The fourth-order valence-corrected chi connectivity index (χ4v) is 0.973. The fraction of sp³-hybridized carbons (Fsp3) is 0.714. The lowest BCUT2D eigenvalue weighted by Gasteiger charge is -2.08. The minimum Gasteiger partial charge on any atom is -0.447 e. The summed E-state index contributed by atoms with van der Waals surface area (Å²) in [6.07, 6.45) is -0.368. The second kappa shape index (κ2) is 4.04. The van der Waals surface area contributed by atoms with Crippen LogP contribution >= 0.6 is 0 Å². The Balaban J connectivity index is 2.36. The van der Waals surface area contributed by atoms with Crippen LogP contribution in [0, 0.1) is 0 Å². The van der Waals surface area contributed by atoms with Crippen LogP contribution in [0.5, 0.6) is 0 Å². The van der Waals surface area contributed by atoms with Crippen LogP contribution < -0.4 is 0 Å². The minimum atomic E-state index is -0.612. The van der Waals surface area contributed by atoms with E-state index in [0.717, 1.165) is 4.90 Å². The molecule has 0 radical (unpaired) electrons. The smallest absolute Gasteiger partial charge is 0.416 e. The van der Waals surface area contributed by atoms with Gasteiger partial charge in [0.25, 0.3) is 0 Å². The van der Waals surface area contributed by atoms with E-state index >= 15 is 0 Å². The molecule has 1 rings (SSSR count). The monoisotopic (exact) mass is 175 g/mol. The Labute approximate surface area is 69.3 Å². The average Bonchev–Trinajstić information content (AvgIpc) is 2.47. The third-order valence-electron chi connectivity index (χ3n) is 1.59. The molecule has 0 spiro atoms. The molecule has 0 unspecified atom stereocenters. The quantitative estimate of drug-likeness (QED) is 0.634. The van der Waals surface area contributed by atoms with E-state index in [4.69, 9.17) is 0 Å². The van der Waals surface area contributed by atoms with Gasteiger partial charge in [-0.05, 0) is 6.42 Å². The zero-order valence-corrected chi connectivity index (χ0v) is 6.59. The van der Waals surface area contributed by atoms with Crippen LogP contribution in [0.4, 0.5) is 9.18 Å². The molecule has 0 saturated carbocycles. The predicted molar refractivity (Wildman–Crippen MR) is 38.3 cm³/mol. The van der Waals surface area contributed by atoms with Crippen LogP contribution in [0.2, 0.25) is 0 Å². The van der Waals surface area contributed by atoms with Crippen LogP contribution in [-0.2, 0) is 9.53 Å². The number of nitrogens with zero attached hydrogens (tertiary/aromatic N) is 1. The Morgan fingerprint density at radius 2 is 2.42 bits per heavy atom. The highest BCUT2D eigenvalue weighted by Crippen LogP contribution is 2.06. The van der Waals surface area contributed by atoms with E-state index in [0.29, 0.717) is 6.54 Å². The number of hydrogen-bond acceptors (Lipinski definition) is 3. The number of carbonyl (C=O) groups excluding carboxylic acids is 2. The van der Waals surface area contributed by atoms with E-state index in [9.17, 15) is 14.0 Å². The Morgan fingerprint density at radius 3 is 2.92 bits per heavy atom. The molecular formula is C7H10FNO3. The summed E-state index contributed by atoms with van der Waals surface area (Å²) in [7, 11) is 0. The van der Waals surface area contributed by atoms with Crippen molar-refractivity contribution in [3.8, 4) is 0 Å². The first-order valence-corrected chi connectivity index (χ1v) is 3.79. The van der Waals surface area contributed by atoms with Crippen molar-refractivity contribution in [1.82, 2.24) is 4.90 Å². The molecule has 1 saturated heterocycles. The van der Waals surface area contributed by atoms with Crippen molar-refractivity contribution in [3.05, 3.63) is 0 Å². The standard InChI is InChI=1S/C7H10FNO3/c8-3-1-2-6(10)9-4-5-12-7(9)11/h1-5H2. The van der Waals surface area contributed by atoms with E-state index in [2.05, 4.69) is 4.74 Å². The average molecular weight is 175 g/mol. The molecule has 0 aromatic carbocycles. The molecule has 0 N–H and O–H groups in total. The van der Waals surface area contributed by atoms with E-state index in [1.807, 2.05) is 0 Å². The van der Waals surface area contributed by atoms with Crippen molar-refractivity contribution >= 4 is 12.0 Å². The van der Waals surface area contributed by atoms with Gasteiger partial charge in [0.15, 0.2) is 0 Å². The van der Waals surface area contributed by atoms with Crippen molar-refractivity contribution in [3.63, 3.8) is 0 Å². The summed E-state index contributed by atoms with van der Waals surface area (Å²) >= 11 is 0. The first-order valence-electron chi connectivity index (χ1n) is 3.79. The van der Waals surface area contributed by atoms with Crippen molar-refractivity contribution in [2.24, 2.45) is 0 Å². The predicted octanol–water partition coefficient (Wildman–Crippen LogP) is 0.715. The first-order chi connectivity index (χ1) is 5.75. The van der Waals surface area contributed by atoms with Crippen LogP contribution in [0.25, 0.3) is 0 Å². The van der Waals surface area contributed by atoms with Crippen molar-refractivity contribution in [1.29, 1.82) is 0 Å². The number of ether oxygens (including phenoxy) is 1. The normalized spacial score (nSPS) is 16.4. The highest BCUT2D eigenvalue weighted by Gasteiger charge is 2.27. The van der Waals surface area contributed by atoms with Gasteiger partial charge in [-0.2, -0.15) is 0 Å². The molecule has 1 aliphatic heterocycles.